The smallest absolute Gasteiger partial charge is 0.154 e. The minimum absolute atomic E-state index is 0.0659. The number of allylic oxidation sites excluding steroid dienone is 1. The summed E-state index contributed by atoms with van der Waals surface area (Å²) in [6.07, 6.45) is 3.49. The minimum Gasteiger partial charge on any atom is -0.369 e. The molecule has 0 aliphatic rings. The SMILES string of the molecule is CC(=O)/C=C/N(Cc1ccccc1)Cc1ccccc1. The minimum atomic E-state index is 0.0659. The molecule has 20 heavy (non-hydrogen) atoms. The molecule has 0 saturated carbocycles. The lowest BCUT2D eigenvalue weighted by Gasteiger charge is -2.20. The monoisotopic (exact) mass is 265 g/mol. The van der Waals surface area contributed by atoms with Gasteiger partial charge in [0, 0.05) is 19.3 Å². The van der Waals surface area contributed by atoms with Crippen molar-refractivity contribution in [3.63, 3.8) is 0 Å². The number of benzene rings is 2. The molecule has 0 spiro atoms. The van der Waals surface area contributed by atoms with Crippen LogP contribution in [0.1, 0.15) is 18.1 Å². The lowest BCUT2D eigenvalue weighted by molar-refractivity contribution is -0.112. The Morgan fingerprint density at radius 1 is 0.900 bits per heavy atom. The van der Waals surface area contributed by atoms with Gasteiger partial charge in [0.1, 0.15) is 0 Å². The molecule has 0 bridgehead atoms. The molecule has 0 aliphatic carbocycles. The molecule has 0 saturated heterocycles. The molecule has 0 fully saturated rings. The van der Waals surface area contributed by atoms with Gasteiger partial charge < -0.3 is 4.90 Å². The zero-order valence-electron chi connectivity index (χ0n) is 11.7. The Labute approximate surface area is 120 Å². The van der Waals surface area contributed by atoms with Crippen molar-refractivity contribution in [2.45, 2.75) is 20.0 Å². The maximum absolute atomic E-state index is 11.1. The molecule has 0 aliphatic heterocycles. The fourth-order valence-electron chi connectivity index (χ4n) is 2.01. The lowest BCUT2D eigenvalue weighted by Crippen LogP contribution is -2.16. The molecular weight excluding hydrogens is 246 g/mol. The second-order valence-corrected chi connectivity index (χ2v) is 4.80. The van der Waals surface area contributed by atoms with E-state index in [-0.39, 0.29) is 5.78 Å². The molecule has 0 radical (unpaired) electrons. The fourth-order valence-corrected chi connectivity index (χ4v) is 2.01. The highest BCUT2D eigenvalue weighted by Gasteiger charge is 2.02. The van der Waals surface area contributed by atoms with E-state index in [1.54, 1.807) is 13.0 Å². The van der Waals surface area contributed by atoms with Crippen LogP contribution in [-0.4, -0.2) is 10.7 Å². The van der Waals surface area contributed by atoms with Crippen molar-refractivity contribution < 1.29 is 4.79 Å². The standard InChI is InChI=1S/C18H19NO/c1-16(20)12-13-19(14-17-8-4-2-5-9-17)15-18-10-6-3-7-11-18/h2-13H,14-15H2,1H3/b13-12+. The van der Waals surface area contributed by atoms with E-state index in [1.165, 1.54) is 11.1 Å². The first-order chi connectivity index (χ1) is 9.74. The van der Waals surface area contributed by atoms with Crippen LogP contribution < -0.4 is 0 Å². The topological polar surface area (TPSA) is 20.3 Å². The average molecular weight is 265 g/mol. The van der Waals surface area contributed by atoms with Gasteiger partial charge >= 0.3 is 0 Å². The van der Waals surface area contributed by atoms with Crippen LogP contribution in [0.3, 0.4) is 0 Å². The Morgan fingerprint density at radius 2 is 1.35 bits per heavy atom. The summed E-state index contributed by atoms with van der Waals surface area (Å²) in [4.78, 5) is 13.3. The molecule has 2 aromatic carbocycles. The number of carbonyl (C=O) groups is 1. The number of hydrogen-bond donors (Lipinski definition) is 0. The van der Waals surface area contributed by atoms with E-state index < -0.39 is 0 Å². The molecule has 2 rings (SSSR count). The van der Waals surface area contributed by atoms with Crippen LogP contribution in [-0.2, 0) is 17.9 Å². The largest absolute Gasteiger partial charge is 0.369 e. The lowest BCUT2D eigenvalue weighted by atomic mass is 10.2. The Bertz CT molecular complexity index is 519. The van der Waals surface area contributed by atoms with Gasteiger partial charge in [-0.3, -0.25) is 4.79 Å². The van der Waals surface area contributed by atoms with Gasteiger partial charge in [0.15, 0.2) is 5.78 Å². The Morgan fingerprint density at radius 3 is 1.75 bits per heavy atom. The number of carbonyl (C=O) groups excluding carboxylic acids is 1. The van der Waals surface area contributed by atoms with Crippen LogP contribution in [0.2, 0.25) is 0 Å². The normalized spacial score (nSPS) is 10.7. The third kappa shape index (κ3) is 4.73. The van der Waals surface area contributed by atoms with Gasteiger partial charge in [-0.1, -0.05) is 60.7 Å². The van der Waals surface area contributed by atoms with Crippen molar-refractivity contribution in [3.8, 4) is 0 Å². The molecule has 2 heteroatoms. The number of hydrogen-bond acceptors (Lipinski definition) is 2. The Kier molecular flexibility index (Phi) is 5.13. The zero-order chi connectivity index (χ0) is 14.2. The van der Waals surface area contributed by atoms with E-state index in [9.17, 15) is 4.79 Å². The van der Waals surface area contributed by atoms with Gasteiger partial charge in [-0.05, 0) is 24.1 Å². The zero-order valence-corrected chi connectivity index (χ0v) is 11.7. The molecule has 2 aromatic rings. The molecule has 0 unspecified atom stereocenters. The molecule has 0 aromatic heterocycles. The van der Waals surface area contributed by atoms with Crippen molar-refractivity contribution in [1.82, 2.24) is 4.90 Å². The number of rotatable bonds is 6. The van der Waals surface area contributed by atoms with Crippen molar-refractivity contribution in [1.29, 1.82) is 0 Å². The van der Waals surface area contributed by atoms with Crippen LogP contribution in [0.4, 0.5) is 0 Å². The highest BCUT2D eigenvalue weighted by Crippen LogP contribution is 2.10. The number of nitrogens with zero attached hydrogens (tertiary/aromatic N) is 1. The summed E-state index contributed by atoms with van der Waals surface area (Å²) in [5.41, 5.74) is 2.47. The van der Waals surface area contributed by atoms with E-state index in [0.717, 1.165) is 13.1 Å². The van der Waals surface area contributed by atoms with E-state index >= 15 is 0 Å². The van der Waals surface area contributed by atoms with Crippen LogP contribution in [0.15, 0.2) is 72.9 Å². The highest BCUT2D eigenvalue weighted by molar-refractivity contribution is 5.87. The maximum atomic E-state index is 11.1. The molecule has 0 heterocycles. The van der Waals surface area contributed by atoms with Gasteiger partial charge in [0.2, 0.25) is 0 Å². The van der Waals surface area contributed by atoms with E-state index in [1.807, 2.05) is 42.6 Å². The summed E-state index contributed by atoms with van der Waals surface area (Å²) in [6.45, 7) is 3.15. The quantitative estimate of drug-likeness (QED) is 0.741. The average Bonchev–Trinajstić information content (AvgIpc) is 2.47. The Hall–Kier alpha value is -2.35. The van der Waals surface area contributed by atoms with Gasteiger partial charge in [0.25, 0.3) is 0 Å². The fraction of sp³-hybridized carbons (Fsp3) is 0.167. The Balaban J connectivity index is 2.10. The van der Waals surface area contributed by atoms with Gasteiger partial charge in [0.05, 0.1) is 0 Å². The maximum Gasteiger partial charge on any atom is 0.154 e. The highest BCUT2D eigenvalue weighted by atomic mass is 16.1. The summed E-state index contributed by atoms with van der Waals surface area (Å²) >= 11 is 0. The van der Waals surface area contributed by atoms with Crippen LogP contribution >= 0.6 is 0 Å². The molecule has 0 atom stereocenters. The van der Waals surface area contributed by atoms with Crippen molar-refractivity contribution in [2.24, 2.45) is 0 Å². The summed E-state index contributed by atoms with van der Waals surface area (Å²) in [6, 6.07) is 20.5. The second kappa shape index (κ2) is 7.29. The van der Waals surface area contributed by atoms with E-state index in [2.05, 4.69) is 29.2 Å². The molecule has 2 nitrogen and oxygen atoms in total. The predicted molar refractivity (Wildman–Crippen MR) is 82.0 cm³/mol. The molecule has 0 amide bonds. The van der Waals surface area contributed by atoms with Crippen LogP contribution in [0.25, 0.3) is 0 Å². The number of ketones is 1. The molecule has 102 valence electrons. The van der Waals surface area contributed by atoms with Gasteiger partial charge in [-0.2, -0.15) is 0 Å². The summed E-state index contributed by atoms with van der Waals surface area (Å²) in [5.74, 6) is 0.0659. The first kappa shape index (κ1) is 14.1. The van der Waals surface area contributed by atoms with Crippen molar-refractivity contribution in [2.75, 3.05) is 0 Å². The van der Waals surface area contributed by atoms with E-state index in [0.29, 0.717) is 0 Å². The van der Waals surface area contributed by atoms with Crippen LogP contribution in [0.5, 0.6) is 0 Å². The van der Waals surface area contributed by atoms with Crippen molar-refractivity contribution in [3.05, 3.63) is 84.1 Å². The van der Waals surface area contributed by atoms with Crippen molar-refractivity contribution >= 4 is 5.78 Å². The first-order valence-electron chi connectivity index (χ1n) is 6.75. The van der Waals surface area contributed by atoms with E-state index in [4.69, 9.17) is 0 Å². The predicted octanol–water partition coefficient (Wildman–Crippen LogP) is 3.79. The summed E-state index contributed by atoms with van der Waals surface area (Å²) in [5, 5.41) is 0. The third-order valence-corrected chi connectivity index (χ3v) is 2.98. The first-order valence-corrected chi connectivity index (χ1v) is 6.75. The third-order valence-electron chi connectivity index (χ3n) is 2.98. The summed E-state index contributed by atoms with van der Waals surface area (Å²) in [7, 11) is 0. The molecule has 0 N–H and O–H groups in total. The van der Waals surface area contributed by atoms with Gasteiger partial charge in [-0.25, -0.2) is 0 Å². The molecular formula is C18H19NO. The second-order valence-electron chi connectivity index (χ2n) is 4.80. The van der Waals surface area contributed by atoms with Crippen LogP contribution in [0, 0.1) is 0 Å². The summed E-state index contributed by atoms with van der Waals surface area (Å²) < 4.78 is 0. The van der Waals surface area contributed by atoms with Gasteiger partial charge in [-0.15, -0.1) is 0 Å².